The van der Waals surface area contributed by atoms with E-state index in [-0.39, 0.29) is 11.6 Å². The summed E-state index contributed by atoms with van der Waals surface area (Å²) in [4.78, 5) is 24.4. The molecule has 7 nitrogen and oxygen atoms in total. The molecule has 126 valence electrons. The molecule has 1 aliphatic heterocycles. The summed E-state index contributed by atoms with van der Waals surface area (Å²) in [5.74, 6) is -0.552. The van der Waals surface area contributed by atoms with Crippen molar-refractivity contribution in [2.24, 2.45) is 0 Å². The summed E-state index contributed by atoms with van der Waals surface area (Å²) in [5.41, 5.74) is 1.51. The molecular weight excluding hydrogens is 330 g/mol. The number of nitrogens with one attached hydrogen (secondary N) is 2. The van der Waals surface area contributed by atoms with Gasteiger partial charge in [0.1, 0.15) is 6.04 Å². The maximum atomic E-state index is 12.5. The van der Waals surface area contributed by atoms with Crippen LogP contribution in [-0.4, -0.2) is 39.4 Å². The summed E-state index contributed by atoms with van der Waals surface area (Å²) in [6.07, 6.45) is 2.43. The van der Waals surface area contributed by atoms with Crippen molar-refractivity contribution in [3.63, 3.8) is 0 Å². The van der Waals surface area contributed by atoms with Crippen molar-refractivity contribution in [2.45, 2.75) is 32.2 Å². The molecule has 2 aromatic rings. The van der Waals surface area contributed by atoms with Crippen molar-refractivity contribution in [1.29, 1.82) is 0 Å². The summed E-state index contributed by atoms with van der Waals surface area (Å²) < 4.78 is 1.55. The molecule has 2 N–H and O–H groups in total. The zero-order chi connectivity index (χ0) is 17.1. The van der Waals surface area contributed by atoms with Gasteiger partial charge in [0.15, 0.2) is 5.69 Å². The van der Waals surface area contributed by atoms with E-state index in [1.54, 1.807) is 29.8 Å². The number of nitrogens with zero attached hydrogens (tertiary/aromatic N) is 3. The van der Waals surface area contributed by atoms with Gasteiger partial charge in [0.2, 0.25) is 5.91 Å². The van der Waals surface area contributed by atoms with Crippen LogP contribution in [0.25, 0.3) is 5.69 Å². The number of amides is 2. The van der Waals surface area contributed by atoms with Gasteiger partial charge in [0.25, 0.3) is 5.91 Å². The molecule has 1 fully saturated rings. The predicted molar refractivity (Wildman–Crippen MR) is 89.2 cm³/mol. The lowest BCUT2D eigenvalue weighted by Crippen LogP contribution is -2.45. The molecule has 1 aromatic heterocycles. The fraction of sp³-hybridized carbons (Fsp3) is 0.375. The van der Waals surface area contributed by atoms with E-state index in [1.165, 1.54) is 0 Å². The van der Waals surface area contributed by atoms with Gasteiger partial charge in [-0.1, -0.05) is 22.9 Å². The fourth-order valence-electron chi connectivity index (χ4n) is 2.70. The number of carbonyl (C=O) groups excluding carboxylic acids is 2. The van der Waals surface area contributed by atoms with Crippen molar-refractivity contribution < 1.29 is 9.59 Å². The molecule has 24 heavy (non-hydrogen) atoms. The molecule has 0 radical (unpaired) electrons. The lowest BCUT2D eigenvalue weighted by molar-refractivity contribution is -0.122. The second-order valence-electron chi connectivity index (χ2n) is 5.73. The van der Waals surface area contributed by atoms with Gasteiger partial charge < -0.3 is 10.6 Å². The van der Waals surface area contributed by atoms with E-state index in [0.29, 0.717) is 23.7 Å². The second kappa shape index (κ2) is 7.00. The smallest absolute Gasteiger partial charge is 0.274 e. The van der Waals surface area contributed by atoms with Gasteiger partial charge in [-0.15, -0.1) is 5.10 Å². The number of halogens is 1. The quantitative estimate of drug-likeness (QED) is 0.883. The first-order chi connectivity index (χ1) is 11.6. The highest BCUT2D eigenvalue weighted by Gasteiger charge is 2.25. The topological polar surface area (TPSA) is 88.9 Å². The minimum atomic E-state index is -0.532. The second-order valence-corrected chi connectivity index (χ2v) is 6.16. The first kappa shape index (κ1) is 16.4. The SMILES string of the molecule is Cc1c(C(=O)NC2CCCCNC2=O)nnn1-c1cccc(Cl)c1. The zero-order valence-corrected chi connectivity index (χ0v) is 14.0. The summed E-state index contributed by atoms with van der Waals surface area (Å²) in [6.45, 7) is 2.40. The van der Waals surface area contributed by atoms with Gasteiger partial charge in [0, 0.05) is 11.6 Å². The molecule has 1 aliphatic rings. The molecule has 2 amide bonds. The Balaban J connectivity index is 1.80. The minimum absolute atomic E-state index is 0.152. The normalized spacial score (nSPS) is 17.9. The number of aromatic nitrogens is 3. The van der Waals surface area contributed by atoms with Gasteiger partial charge in [-0.25, -0.2) is 4.68 Å². The van der Waals surface area contributed by atoms with E-state index in [4.69, 9.17) is 11.6 Å². The Morgan fingerprint density at radius 3 is 3.04 bits per heavy atom. The average Bonchev–Trinajstić information content (AvgIpc) is 2.83. The fourth-order valence-corrected chi connectivity index (χ4v) is 2.88. The van der Waals surface area contributed by atoms with E-state index >= 15 is 0 Å². The highest BCUT2D eigenvalue weighted by atomic mass is 35.5. The molecular formula is C16H18ClN5O2. The van der Waals surface area contributed by atoms with Crippen LogP contribution in [0.4, 0.5) is 0 Å². The Morgan fingerprint density at radius 2 is 2.25 bits per heavy atom. The third-order valence-electron chi connectivity index (χ3n) is 4.00. The van der Waals surface area contributed by atoms with Crippen molar-refractivity contribution in [1.82, 2.24) is 25.6 Å². The molecule has 0 spiro atoms. The van der Waals surface area contributed by atoms with Gasteiger partial charge in [-0.3, -0.25) is 9.59 Å². The van der Waals surface area contributed by atoms with Gasteiger partial charge in [-0.2, -0.15) is 0 Å². The van der Waals surface area contributed by atoms with E-state index in [1.807, 2.05) is 6.07 Å². The zero-order valence-electron chi connectivity index (χ0n) is 13.3. The molecule has 1 atom stereocenters. The van der Waals surface area contributed by atoms with Crippen LogP contribution < -0.4 is 10.6 Å². The van der Waals surface area contributed by atoms with Crippen molar-refractivity contribution in [3.8, 4) is 5.69 Å². The van der Waals surface area contributed by atoms with Crippen LogP contribution in [0, 0.1) is 6.92 Å². The van der Waals surface area contributed by atoms with Crippen molar-refractivity contribution in [2.75, 3.05) is 6.54 Å². The number of rotatable bonds is 3. The Morgan fingerprint density at radius 1 is 1.42 bits per heavy atom. The molecule has 2 heterocycles. The van der Waals surface area contributed by atoms with Crippen LogP contribution in [0.3, 0.4) is 0 Å². The first-order valence-electron chi connectivity index (χ1n) is 7.83. The van der Waals surface area contributed by atoms with Crippen LogP contribution >= 0.6 is 11.6 Å². The number of hydrogen-bond acceptors (Lipinski definition) is 4. The Kier molecular flexibility index (Phi) is 4.80. The van der Waals surface area contributed by atoms with Crippen LogP contribution in [-0.2, 0) is 4.79 Å². The third kappa shape index (κ3) is 3.41. The van der Waals surface area contributed by atoms with Crippen LogP contribution in [0.15, 0.2) is 24.3 Å². The molecule has 8 heteroatoms. The van der Waals surface area contributed by atoms with E-state index < -0.39 is 11.9 Å². The molecule has 3 rings (SSSR count). The maximum absolute atomic E-state index is 12.5. The van der Waals surface area contributed by atoms with E-state index in [9.17, 15) is 9.59 Å². The number of carbonyl (C=O) groups is 2. The molecule has 0 aliphatic carbocycles. The highest BCUT2D eigenvalue weighted by Crippen LogP contribution is 2.17. The minimum Gasteiger partial charge on any atom is -0.354 e. The average molecular weight is 348 g/mol. The monoisotopic (exact) mass is 347 g/mol. The van der Waals surface area contributed by atoms with Crippen molar-refractivity contribution in [3.05, 3.63) is 40.7 Å². The third-order valence-corrected chi connectivity index (χ3v) is 4.24. The maximum Gasteiger partial charge on any atom is 0.274 e. The summed E-state index contributed by atoms with van der Waals surface area (Å²) in [7, 11) is 0. The van der Waals surface area contributed by atoms with Crippen LogP contribution in [0.1, 0.15) is 35.4 Å². The Hall–Kier alpha value is -2.41. The first-order valence-corrected chi connectivity index (χ1v) is 8.21. The van der Waals surface area contributed by atoms with Gasteiger partial charge >= 0.3 is 0 Å². The molecule has 1 saturated heterocycles. The molecule has 0 saturated carbocycles. The predicted octanol–water partition coefficient (Wildman–Crippen LogP) is 1.63. The largest absolute Gasteiger partial charge is 0.354 e. The van der Waals surface area contributed by atoms with Crippen LogP contribution in [0.2, 0.25) is 5.02 Å². The Labute approximate surface area is 144 Å². The molecule has 1 unspecified atom stereocenters. The van der Waals surface area contributed by atoms with Crippen LogP contribution in [0.5, 0.6) is 0 Å². The Bertz CT molecular complexity index is 774. The van der Waals surface area contributed by atoms with Crippen molar-refractivity contribution >= 4 is 23.4 Å². The summed E-state index contributed by atoms with van der Waals surface area (Å²) >= 11 is 5.99. The number of hydrogen-bond donors (Lipinski definition) is 2. The van der Waals surface area contributed by atoms with Gasteiger partial charge in [-0.05, 0) is 44.4 Å². The van der Waals surface area contributed by atoms with E-state index in [2.05, 4.69) is 20.9 Å². The molecule has 0 bridgehead atoms. The summed E-state index contributed by atoms with van der Waals surface area (Å²) in [5, 5.41) is 14.1. The highest BCUT2D eigenvalue weighted by molar-refractivity contribution is 6.30. The lowest BCUT2D eigenvalue weighted by atomic mass is 10.1. The van der Waals surface area contributed by atoms with Gasteiger partial charge in [0.05, 0.1) is 11.4 Å². The summed E-state index contributed by atoms with van der Waals surface area (Å²) in [6, 6.07) is 6.59. The lowest BCUT2D eigenvalue weighted by Gasteiger charge is -2.14. The molecule has 1 aromatic carbocycles. The number of benzene rings is 1. The van der Waals surface area contributed by atoms with E-state index in [0.717, 1.165) is 18.5 Å². The standard InChI is InChI=1S/C16H18ClN5O2/c1-10-14(16(24)19-13-7-2-3-8-18-15(13)23)20-21-22(10)12-6-4-5-11(17)9-12/h4-6,9,13H,2-3,7-8H2,1H3,(H,18,23)(H,19,24).